The van der Waals surface area contributed by atoms with Crippen LogP contribution in [0.5, 0.6) is 0 Å². The minimum Gasteiger partial charge on any atom is -0.310 e. The standard InChI is InChI=1S/C56H40N2/c1-39-26-28-41(29-27-39)43-32-36-47(37-33-43)57(46-34-30-42(31-35-46)40-14-4-2-5-15-40)48-19-12-18-45(38-48)56(44-16-6-3-7-17-44)51-22-9-11-25-54(51)58-53-24-10-8-20-49(53)50-21-13-23-52(56)55(50)58/h2-38H,1H3. The number of fused-ring (bicyclic) bond motifs is 5. The fourth-order valence-corrected chi connectivity index (χ4v) is 9.49. The molecule has 2 heterocycles. The molecular weight excluding hydrogens is 701 g/mol. The second-order valence-corrected chi connectivity index (χ2v) is 15.4. The van der Waals surface area contributed by atoms with Gasteiger partial charge in [-0.3, -0.25) is 0 Å². The zero-order valence-electron chi connectivity index (χ0n) is 32.3. The van der Waals surface area contributed by atoms with Crippen LogP contribution >= 0.6 is 0 Å². The molecule has 0 spiro atoms. The Balaban J connectivity index is 1.15. The van der Waals surface area contributed by atoms with Gasteiger partial charge in [0.25, 0.3) is 0 Å². The Hall–Kier alpha value is -7.42. The van der Waals surface area contributed by atoms with Gasteiger partial charge in [-0.05, 0) is 100.0 Å². The lowest BCUT2D eigenvalue weighted by atomic mass is 9.63. The van der Waals surface area contributed by atoms with Crippen molar-refractivity contribution in [1.82, 2.24) is 4.57 Å². The quantitative estimate of drug-likeness (QED) is 0.158. The molecule has 0 aliphatic carbocycles. The van der Waals surface area contributed by atoms with Crippen LogP contribution in [0, 0.1) is 6.92 Å². The van der Waals surface area contributed by atoms with Crippen LogP contribution in [0.15, 0.2) is 224 Å². The van der Waals surface area contributed by atoms with Crippen molar-refractivity contribution in [3.8, 4) is 27.9 Å². The molecule has 0 saturated heterocycles. The zero-order chi connectivity index (χ0) is 38.6. The molecule has 0 saturated carbocycles. The fraction of sp³-hybridized carbons (Fsp3) is 0.0357. The van der Waals surface area contributed by atoms with Crippen LogP contribution in [0.1, 0.15) is 27.8 Å². The Morgan fingerprint density at radius 2 is 0.897 bits per heavy atom. The maximum absolute atomic E-state index is 2.50. The molecule has 0 amide bonds. The molecule has 1 unspecified atom stereocenters. The third kappa shape index (κ3) is 5.26. The highest BCUT2D eigenvalue weighted by Gasteiger charge is 2.45. The lowest BCUT2D eigenvalue weighted by molar-refractivity contribution is 0.728. The van der Waals surface area contributed by atoms with E-state index in [1.807, 2.05) is 0 Å². The average Bonchev–Trinajstić information content (AvgIpc) is 3.64. The van der Waals surface area contributed by atoms with E-state index in [-0.39, 0.29) is 0 Å². The Morgan fingerprint density at radius 1 is 0.379 bits per heavy atom. The van der Waals surface area contributed by atoms with Crippen LogP contribution in [-0.4, -0.2) is 4.57 Å². The number of rotatable bonds is 7. The molecule has 1 atom stereocenters. The molecule has 274 valence electrons. The number of aryl methyl sites for hydroxylation is 1. The Morgan fingerprint density at radius 3 is 1.60 bits per heavy atom. The van der Waals surface area contributed by atoms with Crippen LogP contribution in [0.2, 0.25) is 0 Å². The van der Waals surface area contributed by atoms with Crippen molar-refractivity contribution in [3.63, 3.8) is 0 Å². The summed E-state index contributed by atoms with van der Waals surface area (Å²) in [5, 5.41) is 2.54. The molecule has 10 aromatic rings. The third-order valence-electron chi connectivity index (χ3n) is 12.1. The van der Waals surface area contributed by atoms with Gasteiger partial charge in [0, 0.05) is 27.8 Å². The highest BCUT2D eigenvalue weighted by molar-refractivity contribution is 6.12. The molecule has 1 aliphatic heterocycles. The number of benzene rings is 9. The number of anilines is 3. The van der Waals surface area contributed by atoms with Crippen molar-refractivity contribution >= 4 is 38.9 Å². The number of hydrogen-bond donors (Lipinski definition) is 0. The van der Waals surface area contributed by atoms with Gasteiger partial charge in [-0.2, -0.15) is 0 Å². The minimum absolute atomic E-state index is 0.601. The second-order valence-electron chi connectivity index (χ2n) is 15.4. The molecule has 2 nitrogen and oxygen atoms in total. The van der Waals surface area contributed by atoms with E-state index in [0.717, 1.165) is 17.1 Å². The van der Waals surface area contributed by atoms with Crippen LogP contribution in [0.3, 0.4) is 0 Å². The van der Waals surface area contributed by atoms with Gasteiger partial charge in [0.15, 0.2) is 0 Å². The number of aromatic nitrogens is 1. The van der Waals surface area contributed by atoms with E-state index in [1.54, 1.807) is 0 Å². The summed E-state index contributed by atoms with van der Waals surface area (Å²) >= 11 is 0. The van der Waals surface area contributed by atoms with Gasteiger partial charge in [-0.1, -0.05) is 181 Å². The molecule has 0 N–H and O–H groups in total. The van der Waals surface area contributed by atoms with Crippen LogP contribution in [-0.2, 0) is 5.41 Å². The summed E-state index contributed by atoms with van der Waals surface area (Å²) in [6.07, 6.45) is 0. The van der Waals surface area contributed by atoms with E-state index in [0.29, 0.717) is 0 Å². The lowest BCUT2D eigenvalue weighted by Crippen LogP contribution is -2.35. The van der Waals surface area contributed by atoms with Gasteiger partial charge in [-0.25, -0.2) is 0 Å². The first-order chi connectivity index (χ1) is 28.7. The van der Waals surface area contributed by atoms with E-state index < -0.39 is 5.41 Å². The smallest absolute Gasteiger partial charge is 0.0743 e. The van der Waals surface area contributed by atoms with E-state index in [2.05, 4.69) is 241 Å². The van der Waals surface area contributed by atoms with Crippen molar-refractivity contribution in [2.75, 3.05) is 4.90 Å². The molecule has 0 radical (unpaired) electrons. The Kier molecular flexibility index (Phi) is 7.97. The van der Waals surface area contributed by atoms with E-state index >= 15 is 0 Å². The van der Waals surface area contributed by atoms with Gasteiger partial charge >= 0.3 is 0 Å². The Bertz CT molecular complexity index is 3090. The van der Waals surface area contributed by atoms with Gasteiger partial charge in [0.1, 0.15) is 0 Å². The minimum atomic E-state index is -0.601. The zero-order valence-corrected chi connectivity index (χ0v) is 32.3. The van der Waals surface area contributed by atoms with Crippen molar-refractivity contribution in [3.05, 3.63) is 252 Å². The van der Waals surface area contributed by atoms with E-state index in [4.69, 9.17) is 0 Å². The summed E-state index contributed by atoms with van der Waals surface area (Å²) < 4.78 is 2.50. The van der Waals surface area contributed by atoms with Gasteiger partial charge in [0.2, 0.25) is 0 Å². The van der Waals surface area contributed by atoms with Crippen molar-refractivity contribution in [2.45, 2.75) is 12.3 Å². The van der Waals surface area contributed by atoms with Crippen molar-refractivity contribution < 1.29 is 0 Å². The third-order valence-corrected chi connectivity index (χ3v) is 12.1. The summed E-state index contributed by atoms with van der Waals surface area (Å²) in [6.45, 7) is 2.13. The van der Waals surface area contributed by atoms with Crippen LogP contribution in [0.25, 0.3) is 49.7 Å². The molecule has 11 rings (SSSR count). The molecule has 1 aromatic heterocycles. The molecule has 1 aliphatic rings. The molecule has 0 bridgehead atoms. The van der Waals surface area contributed by atoms with Gasteiger partial charge in [-0.15, -0.1) is 0 Å². The molecule has 0 fully saturated rings. The van der Waals surface area contributed by atoms with Gasteiger partial charge in [0.05, 0.1) is 22.1 Å². The number of para-hydroxylation sites is 3. The molecular formula is C56H40N2. The highest BCUT2D eigenvalue weighted by Crippen LogP contribution is 2.55. The number of nitrogens with zero attached hydrogens (tertiary/aromatic N) is 2. The first-order valence-electron chi connectivity index (χ1n) is 20.1. The average molecular weight is 741 g/mol. The summed E-state index contributed by atoms with van der Waals surface area (Å²) in [5.74, 6) is 0. The summed E-state index contributed by atoms with van der Waals surface area (Å²) in [5.41, 5.74) is 17.5. The predicted octanol–water partition coefficient (Wildman–Crippen LogP) is 14.6. The topological polar surface area (TPSA) is 8.17 Å². The van der Waals surface area contributed by atoms with Crippen LogP contribution in [0.4, 0.5) is 17.1 Å². The first kappa shape index (κ1) is 33.9. The fourth-order valence-electron chi connectivity index (χ4n) is 9.49. The maximum atomic E-state index is 2.50. The predicted molar refractivity (Wildman–Crippen MR) is 243 cm³/mol. The molecule has 9 aromatic carbocycles. The summed E-state index contributed by atoms with van der Waals surface area (Å²) in [6, 6.07) is 82.5. The van der Waals surface area contributed by atoms with Crippen molar-refractivity contribution in [2.24, 2.45) is 0 Å². The summed E-state index contributed by atoms with van der Waals surface area (Å²) in [4.78, 5) is 2.40. The van der Waals surface area contributed by atoms with Crippen LogP contribution < -0.4 is 4.90 Å². The normalized spacial score (nSPS) is 14.4. The largest absolute Gasteiger partial charge is 0.310 e. The summed E-state index contributed by atoms with van der Waals surface area (Å²) in [7, 11) is 0. The highest BCUT2D eigenvalue weighted by atomic mass is 15.1. The first-order valence-corrected chi connectivity index (χ1v) is 20.1. The maximum Gasteiger partial charge on any atom is 0.0743 e. The monoisotopic (exact) mass is 740 g/mol. The van der Waals surface area contributed by atoms with E-state index in [1.165, 1.54) is 77.6 Å². The molecule has 2 heteroatoms. The van der Waals surface area contributed by atoms with Gasteiger partial charge < -0.3 is 9.47 Å². The Labute approximate surface area is 339 Å². The number of hydrogen-bond acceptors (Lipinski definition) is 1. The lowest BCUT2D eigenvalue weighted by Gasteiger charge is -2.42. The van der Waals surface area contributed by atoms with E-state index in [9.17, 15) is 0 Å². The van der Waals surface area contributed by atoms with Crippen molar-refractivity contribution in [1.29, 1.82) is 0 Å². The second kappa shape index (κ2) is 13.7. The SMILES string of the molecule is Cc1ccc(-c2ccc(N(c3ccc(-c4ccccc4)cc3)c3cccc(C4(c5ccccc5)c5ccccc5-n5c6ccccc6c6cccc4c65)c3)cc2)cc1. The molecule has 58 heavy (non-hydrogen) atoms.